The van der Waals surface area contributed by atoms with E-state index >= 15 is 0 Å². The Labute approximate surface area is 182 Å². The summed E-state index contributed by atoms with van der Waals surface area (Å²) < 4.78 is 11.5. The number of nitrogens with zero attached hydrogens (tertiary/aromatic N) is 2. The summed E-state index contributed by atoms with van der Waals surface area (Å²) in [6.07, 6.45) is 10.5. The summed E-state index contributed by atoms with van der Waals surface area (Å²) >= 11 is 0. The van der Waals surface area contributed by atoms with Gasteiger partial charge in [0.15, 0.2) is 0 Å². The van der Waals surface area contributed by atoms with Gasteiger partial charge in [-0.2, -0.15) is 4.98 Å². The van der Waals surface area contributed by atoms with E-state index in [4.69, 9.17) is 9.47 Å². The number of hydrogen-bond acceptors (Lipinski definition) is 7. The molecule has 1 aromatic heterocycles. The van der Waals surface area contributed by atoms with Gasteiger partial charge < -0.3 is 25.2 Å². The van der Waals surface area contributed by atoms with E-state index < -0.39 is 5.60 Å². The second-order valence-electron chi connectivity index (χ2n) is 10.5. The summed E-state index contributed by atoms with van der Waals surface area (Å²) in [5.74, 6) is 2.04. The number of aliphatic hydroxyl groups is 1. The van der Waals surface area contributed by atoms with Crippen molar-refractivity contribution < 1.29 is 19.4 Å². The van der Waals surface area contributed by atoms with Gasteiger partial charge >= 0.3 is 0 Å². The highest BCUT2D eigenvalue weighted by atomic mass is 16.5. The first-order valence-corrected chi connectivity index (χ1v) is 12.0. The molecule has 31 heavy (non-hydrogen) atoms. The first kappa shape index (κ1) is 19.7. The standard InChI is InChI=1S/C23H32N4O4/c28-20(26-19-14-6-13-7-15(19)10-23(29,8-13)9-14)18-11-24-22(25-16-4-5-30-12-16)27-21(18)31-17-2-1-3-17/h11,13-17,19,29H,1-10,12H2,(H,26,28)(H,24,25,27)/t13?,14?,15?,16-,19?,23?/m0/s1. The van der Waals surface area contributed by atoms with Crippen LogP contribution >= 0.6 is 0 Å². The van der Waals surface area contributed by atoms with Crippen LogP contribution in [-0.4, -0.2) is 58.0 Å². The number of nitrogens with one attached hydrogen (secondary N) is 2. The Kier molecular flexibility index (Phi) is 4.83. The molecule has 1 amide bonds. The van der Waals surface area contributed by atoms with Gasteiger partial charge in [0.05, 0.1) is 18.2 Å². The highest BCUT2D eigenvalue weighted by molar-refractivity contribution is 5.96. The van der Waals surface area contributed by atoms with Crippen LogP contribution in [0.5, 0.6) is 5.88 Å². The molecule has 7 rings (SSSR count). The van der Waals surface area contributed by atoms with Crippen molar-refractivity contribution >= 4 is 11.9 Å². The Morgan fingerprint density at radius 1 is 1.19 bits per heavy atom. The zero-order chi connectivity index (χ0) is 21.0. The van der Waals surface area contributed by atoms with Crippen LogP contribution in [0, 0.1) is 17.8 Å². The first-order chi connectivity index (χ1) is 15.0. The van der Waals surface area contributed by atoms with E-state index in [1.165, 1.54) is 0 Å². The van der Waals surface area contributed by atoms with Crippen LogP contribution in [0.4, 0.5) is 5.95 Å². The summed E-state index contributed by atoms with van der Waals surface area (Å²) in [4.78, 5) is 22.3. The molecule has 2 heterocycles. The molecule has 3 N–H and O–H groups in total. The maximum Gasteiger partial charge on any atom is 0.258 e. The van der Waals surface area contributed by atoms with Crippen molar-refractivity contribution in [3.63, 3.8) is 0 Å². The quantitative estimate of drug-likeness (QED) is 0.638. The molecule has 8 heteroatoms. The molecular weight excluding hydrogens is 396 g/mol. The number of aromatic nitrogens is 2. The van der Waals surface area contributed by atoms with Crippen molar-refractivity contribution in [2.75, 3.05) is 18.5 Å². The molecule has 5 saturated carbocycles. The van der Waals surface area contributed by atoms with Gasteiger partial charge in [-0.1, -0.05) is 0 Å². The lowest BCUT2D eigenvalue weighted by Crippen LogP contribution is -2.61. The molecular formula is C23H32N4O4. The summed E-state index contributed by atoms with van der Waals surface area (Å²) in [6.45, 7) is 1.38. The molecule has 1 aliphatic heterocycles. The molecule has 4 bridgehead atoms. The minimum Gasteiger partial charge on any atom is -0.474 e. The smallest absolute Gasteiger partial charge is 0.258 e. The van der Waals surface area contributed by atoms with Gasteiger partial charge in [-0.25, -0.2) is 4.98 Å². The number of carbonyl (C=O) groups excluding carboxylic acids is 1. The Bertz CT molecular complexity index is 838. The predicted molar refractivity (Wildman–Crippen MR) is 113 cm³/mol. The molecule has 1 saturated heterocycles. The largest absolute Gasteiger partial charge is 0.474 e. The number of ether oxygens (including phenoxy) is 2. The third kappa shape index (κ3) is 3.78. The minimum atomic E-state index is -0.503. The van der Waals surface area contributed by atoms with Crippen LogP contribution in [0.15, 0.2) is 6.20 Å². The second kappa shape index (κ2) is 7.59. The van der Waals surface area contributed by atoms with Crippen LogP contribution in [0.3, 0.4) is 0 Å². The average Bonchev–Trinajstić information content (AvgIpc) is 3.19. The maximum absolute atomic E-state index is 13.3. The van der Waals surface area contributed by atoms with Crippen LogP contribution < -0.4 is 15.4 Å². The fraction of sp³-hybridized carbons (Fsp3) is 0.783. The predicted octanol–water partition coefficient (Wildman–Crippen LogP) is 2.28. The summed E-state index contributed by atoms with van der Waals surface area (Å²) in [7, 11) is 0. The Balaban J connectivity index is 1.20. The number of rotatable bonds is 6. The Hall–Kier alpha value is -1.93. The first-order valence-electron chi connectivity index (χ1n) is 12.0. The normalized spacial score (nSPS) is 38.7. The molecule has 6 aliphatic rings. The van der Waals surface area contributed by atoms with Gasteiger partial charge in [0.2, 0.25) is 11.8 Å². The monoisotopic (exact) mass is 428 g/mol. The number of carbonyl (C=O) groups is 1. The minimum absolute atomic E-state index is 0.120. The van der Waals surface area contributed by atoms with E-state index in [1.807, 2.05) is 0 Å². The molecule has 0 aromatic carbocycles. The van der Waals surface area contributed by atoms with Crippen molar-refractivity contribution in [3.05, 3.63) is 11.8 Å². The lowest BCUT2D eigenvalue weighted by molar-refractivity contribution is -0.136. The van der Waals surface area contributed by atoms with E-state index in [0.717, 1.165) is 64.4 Å². The molecule has 1 aromatic rings. The number of hydrogen-bond donors (Lipinski definition) is 3. The van der Waals surface area contributed by atoms with Gasteiger partial charge in [0.1, 0.15) is 11.7 Å². The van der Waals surface area contributed by atoms with Crippen molar-refractivity contribution in [2.24, 2.45) is 17.8 Å². The lowest BCUT2D eigenvalue weighted by Gasteiger charge is -2.58. The molecule has 8 nitrogen and oxygen atoms in total. The van der Waals surface area contributed by atoms with Gasteiger partial charge in [-0.15, -0.1) is 0 Å². The maximum atomic E-state index is 13.3. The van der Waals surface area contributed by atoms with E-state index in [0.29, 0.717) is 41.8 Å². The Morgan fingerprint density at radius 3 is 2.65 bits per heavy atom. The second-order valence-corrected chi connectivity index (χ2v) is 10.5. The molecule has 2 unspecified atom stereocenters. The summed E-state index contributed by atoms with van der Waals surface area (Å²) in [5, 5.41) is 17.4. The zero-order valence-corrected chi connectivity index (χ0v) is 17.9. The number of amides is 1. The van der Waals surface area contributed by atoms with Crippen LogP contribution in [0.1, 0.15) is 68.1 Å². The molecule has 5 aliphatic carbocycles. The van der Waals surface area contributed by atoms with Gasteiger partial charge in [0.25, 0.3) is 5.91 Å². The fourth-order valence-corrected chi connectivity index (χ4v) is 6.60. The van der Waals surface area contributed by atoms with E-state index in [2.05, 4.69) is 20.6 Å². The van der Waals surface area contributed by atoms with E-state index in [9.17, 15) is 9.90 Å². The SMILES string of the molecule is O=C(NC1C2CC3CC1CC(O)(C3)C2)c1cnc(N[C@H]2CCOC2)nc1OC1CCC1. The summed E-state index contributed by atoms with van der Waals surface area (Å²) in [6, 6.07) is 0.310. The van der Waals surface area contributed by atoms with Crippen LogP contribution in [0.2, 0.25) is 0 Å². The van der Waals surface area contributed by atoms with Crippen LogP contribution in [0.25, 0.3) is 0 Å². The number of anilines is 1. The Morgan fingerprint density at radius 2 is 2.00 bits per heavy atom. The van der Waals surface area contributed by atoms with Crippen molar-refractivity contribution in [1.29, 1.82) is 0 Å². The van der Waals surface area contributed by atoms with Gasteiger partial charge in [0, 0.05) is 18.8 Å². The summed E-state index contributed by atoms with van der Waals surface area (Å²) in [5.41, 5.74) is -0.0935. The van der Waals surface area contributed by atoms with E-state index in [1.54, 1.807) is 6.20 Å². The highest BCUT2D eigenvalue weighted by Crippen LogP contribution is 2.55. The third-order valence-corrected chi connectivity index (χ3v) is 8.13. The van der Waals surface area contributed by atoms with Crippen molar-refractivity contribution in [2.45, 2.75) is 81.6 Å². The highest BCUT2D eigenvalue weighted by Gasteiger charge is 2.55. The van der Waals surface area contributed by atoms with Gasteiger partial charge in [-0.3, -0.25) is 4.79 Å². The van der Waals surface area contributed by atoms with Crippen molar-refractivity contribution in [3.8, 4) is 5.88 Å². The van der Waals surface area contributed by atoms with Crippen LogP contribution in [-0.2, 0) is 4.74 Å². The lowest BCUT2D eigenvalue weighted by atomic mass is 9.52. The third-order valence-electron chi connectivity index (χ3n) is 8.13. The molecule has 0 spiro atoms. The molecule has 0 radical (unpaired) electrons. The molecule has 3 atom stereocenters. The molecule has 168 valence electrons. The van der Waals surface area contributed by atoms with E-state index in [-0.39, 0.29) is 24.1 Å². The average molecular weight is 429 g/mol. The topological polar surface area (TPSA) is 106 Å². The molecule has 6 fully saturated rings. The fourth-order valence-electron chi connectivity index (χ4n) is 6.60. The zero-order valence-electron chi connectivity index (χ0n) is 17.9. The van der Waals surface area contributed by atoms with Crippen molar-refractivity contribution in [1.82, 2.24) is 15.3 Å². The van der Waals surface area contributed by atoms with Gasteiger partial charge in [-0.05, 0) is 75.5 Å².